The number of rotatable bonds is 11. The fourth-order valence-corrected chi connectivity index (χ4v) is 5.10. The number of aliphatic hydroxyl groups is 1. The second kappa shape index (κ2) is 13.8. The van der Waals surface area contributed by atoms with E-state index in [4.69, 9.17) is 10.5 Å². The average molecular weight is 514 g/mol. The standard InChI is InChI=1S/C32H39N3O3/c1-24-22-29(38-28-15-6-3-7-16-28)18-19-30(24)34-31(33)17-9-11-25-10-8-12-26(23-25)32(37)35(20-21-36)27-13-4-2-5-14-27/h3,6-8,10,12,15-16,18-19,22-23,27,36H,2,4-5,9,11,13-14,17,20-21H2,1H3,(H2,33,34). The molecule has 0 radical (unpaired) electrons. The Morgan fingerprint density at radius 2 is 1.79 bits per heavy atom. The van der Waals surface area contributed by atoms with Crippen molar-refractivity contribution in [2.24, 2.45) is 10.7 Å². The van der Waals surface area contributed by atoms with Gasteiger partial charge in [-0.3, -0.25) is 4.79 Å². The van der Waals surface area contributed by atoms with Crippen molar-refractivity contribution < 1.29 is 14.6 Å². The number of hydrogen-bond donors (Lipinski definition) is 2. The van der Waals surface area contributed by atoms with Crippen LogP contribution in [0.4, 0.5) is 5.69 Å². The van der Waals surface area contributed by atoms with Gasteiger partial charge in [-0.15, -0.1) is 0 Å². The number of amidine groups is 1. The summed E-state index contributed by atoms with van der Waals surface area (Å²) in [5, 5.41) is 9.56. The number of carbonyl (C=O) groups is 1. The van der Waals surface area contributed by atoms with Crippen LogP contribution in [0.25, 0.3) is 0 Å². The van der Waals surface area contributed by atoms with Crippen molar-refractivity contribution in [2.75, 3.05) is 13.2 Å². The first-order valence-electron chi connectivity index (χ1n) is 13.7. The smallest absolute Gasteiger partial charge is 0.254 e. The van der Waals surface area contributed by atoms with Crippen LogP contribution in [0.2, 0.25) is 0 Å². The summed E-state index contributed by atoms with van der Waals surface area (Å²) in [6.07, 6.45) is 7.88. The molecular weight excluding hydrogens is 474 g/mol. The molecule has 4 rings (SSSR count). The molecule has 1 fully saturated rings. The van der Waals surface area contributed by atoms with E-state index in [0.29, 0.717) is 24.4 Å². The van der Waals surface area contributed by atoms with Crippen molar-refractivity contribution in [1.82, 2.24) is 4.90 Å². The van der Waals surface area contributed by atoms with Crippen LogP contribution in [0.3, 0.4) is 0 Å². The normalized spacial score (nSPS) is 14.3. The van der Waals surface area contributed by atoms with Crippen molar-refractivity contribution in [1.29, 1.82) is 0 Å². The molecule has 1 aliphatic carbocycles. The van der Waals surface area contributed by atoms with Crippen molar-refractivity contribution in [2.45, 2.75) is 64.3 Å². The Morgan fingerprint density at radius 1 is 1.00 bits per heavy atom. The van der Waals surface area contributed by atoms with Gasteiger partial charge in [0.05, 0.1) is 18.1 Å². The van der Waals surface area contributed by atoms with Crippen molar-refractivity contribution in [3.63, 3.8) is 0 Å². The maximum absolute atomic E-state index is 13.3. The van der Waals surface area contributed by atoms with Crippen LogP contribution in [0.15, 0.2) is 77.8 Å². The number of aliphatic hydroxyl groups excluding tert-OH is 1. The number of ether oxygens (including phenoxy) is 1. The quantitative estimate of drug-likeness (QED) is 0.224. The van der Waals surface area contributed by atoms with Crippen LogP contribution >= 0.6 is 0 Å². The summed E-state index contributed by atoms with van der Waals surface area (Å²) < 4.78 is 5.90. The van der Waals surface area contributed by atoms with E-state index in [-0.39, 0.29) is 18.6 Å². The minimum Gasteiger partial charge on any atom is -0.457 e. The van der Waals surface area contributed by atoms with Gasteiger partial charge >= 0.3 is 0 Å². The van der Waals surface area contributed by atoms with Gasteiger partial charge < -0.3 is 20.5 Å². The third kappa shape index (κ3) is 7.68. The van der Waals surface area contributed by atoms with Gasteiger partial charge in [0, 0.05) is 24.6 Å². The predicted molar refractivity (Wildman–Crippen MR) is 153 cm³/mol. The first kappa shape index (κ1) is 27.4. The molecule has 3 aromatic carbocycles. The maximum atomic E-state index is 13.3. The molecule has 1 aliphatic rings. The summed E-state index contributed by atoms with van der Waals surface area (Å²) in [6.45, 7) is 2.38. The van der Waals surface area contributed by atoms with Crippen molar-refractivity contribution in [3.8, 4) is 11.5 Å². The molecular formula is C32H39N3O3. The van der Waals surface area contributed by atoms with Crippen LogP contribution in [0, 0.1) is 6.92 Å². The monoisotopic (exact) mass is 513 g/mol. The van der Waals surface area contributed by atoms with Gasteiger partial charge in [-0.1, -0.05) is 49.6 Å². The average Bonchev–Trinajstić information content (AvgIpc) is 2.94. The van der Waals surface area contributed by atoms with Gasteiger partial charge in [-0.05, 0) is 86.2 Å². The van der Waals surface area contributed by atoms with Gasteiger partial charge in [0.25, 0.3) is 5.91 Å². The van der Waals surface area contributed by atoms with Gasteiger partial charge in [0.1, 0.15) is 11.5 Å². The van der Waals surface area contributed by atoms with Crippen LogP contribution in [-0.2, 0) is 6.42 Å². The summed E-state index contributed by atoms with van der Waals surface area (Å²) in [5.41, 5.74) is 9.90. The second-order valence-corrected chi connectivity index (χ2v) is 10.0. The van der Waals surface area contributed by atoms with E-state index >= 15 is 0 Å². The molecule has 0 spiro atoms. The minimum atomic E-state index is -0.0111. The minimum absolute atomic E-state index is 0.0111. The van der Waals surface area contributed by atoms with E-state index in [9.17, 15) is 9.90 Å². The number of hydrogen-bond acceptors (Lipinski definition) is 4. The van der Waals surface area contributed by atoms with Crippen molar-refractivity contribution >= 4 is 17.4 Å². The molecule has 0 aromatic heterocycles. The zero-order valence-electron chi connectivity index (χ0n) is 22.3. The zero-order chi connectivity index (χ0) is 26.7. The molecule has 0 bridgehead atoms. The Balaban J connectivity index is 1.32. The largest absolute Gasteiger partial charge is 0.457 e. The van der Waals surface area contributed by atoms with E-state index in [1.165, 1.54) is 6.42 Å². The van der Waals surface area contributed by atoms with E-state index in [0.717, 1.165) is 66.8 Å². The molecule has 6 nitrogen and oxygen atoms in total. The second-order valence-electron chi connectivity index (χ2n) is 10.0. The fraction of sp³-hybridized carbons (Fsp3) is 0.375. The summed E-state index contributed by atoms with van der Waals surface area (Å²) in [7, 11) is 0. The van der Waals surface area contributed by atoms with Crippen LogP contribution in [0.5, 0.6) is 11.5 Å². The first-order valence-corrected chi connectivity index (χ1v) is 13.7. The van der Waals surface area contributed by atoms with Crippen LogP contribution < -0.4 is 10.5 Å². The lowest BCUT2D eigenvalue weighted by Crippen LogP contribution is -2.43. The number of carbonyl (C=O) groups excluding carboxylic acids is 1. The van der Waals surface area contributed by atoms with Crippen molar-refractivity contribution in [3.05, 3.63) is 89.5 Å². The molecule has 3 N–H and O–H groups in total. The predicted octanol–water partition coefficient (Wildman–Crippen LogP) is 6.57. The molecule has 200 valence electrons. The number of nitrogens with two attached hydrogens (primary N) is 1. The Morgan fingerprint density at radius 3 is 2.53 bits per heavy atom. The van der Waals surface area contributed by atoms with Gasteiger partial charge in [0.2, 0.25) is 0 Å². The summed E-state index contributed by atoms with van der Waals surface area (Å²) in [5.74, 6) is 2.16. The molecule has 1 amide bonds. The van der Waals surface area contributed by atoms with Gasteiger partial charge in [0.15, 0.2) is 0 Å². The Hall–Kier alpha value is -3.64. The summed E-state index contributed by atoms with van der Waals surface area (Å²) in [6, 6.07) is 23.6. The molecule has 0 atom stereocenters. The zero-order valence-corrected chi connectivity index (χ0v) is 22.3. The van der Waals surface area contributed by atoms with Crippen LogP contribution in [0.1, 0.15) is 66.4 Å². The number of amides is 1. The lowest BCUT2D eigenvalue weighted by atomic mass is 9.93. The highest BCUT2D eigenvalue weighted by molar-refractivity contribution is 5.94. The van der Waals surface area contributed by atoms with Gasteiger partial charge in [-0.25, -0.2) is 4.99 Å². The Bertz CT molecular complexity index is 1220. The lowest BCUT2D eigenvalue weighted by Gasteiger charge is -2.34. The number of aryl methyl sites for hydroxylation is 2. The van der Waals surface area contributed by atoms with E-state index in [1.54, 1.807) is 0 Å². The highest BCUT2D eigenvalue weighted by Crippen LogP contribution is 2.28. The summed E-state index contributed by atoms with van der Waals surface area (Å²) >= 11 is 0. The number of nitrogens with zero attached hydrogens (tertiary/aromatic N) is 2. The number of aliphatic imine (C=N–C) groups is 1. The van der Waals surface area contributed by atoms with Crippen LogP contribution in [-0.4, -0.2) is 40.9 Å². The van der Waals surface area contributed by atoms with E-state index in [2.05, 4.69) is 11.1 Å². The van der Waals surface area contributed by atoms with E-state index < -0.39 is 0 Å². The molecule has 6 heteroatoms. The molecule has 3 aromatic rings. The third-order valence-corrected chi connectivity index (χ3v) is 7.10. The Kier molecular flexibility index (Phi) is 9.93. The molecule has 38 heavy (non-hydrogen) atoms. The summed E-state index contributed by atoms with van der Waals surface area (Å²) in [4.78, 5) is 19.8. The molecule has 0 aliphatic heterocycles. The molecule has 0 saturated heterocycles. The number of benzene rings is 3. The molecule has 1 saturated carbocycles. The lowest BCUT2D eigenvalue weighted by molar-refractivity contribution is 0.0585. The maximum Gasteiger partial charge on any atom is 0.254 e. The third-order valence-electron chi connectivity index (χ3n) is 7.10. The molecule has 0 unspecified atom stereocenters. The highest BCUT2D eigenvalue weighted by atomic mass is 16.5. The first-order chi connectivity index (χ1) is 18.5. The number of para-hydroxylation sites is 1. The SMILES string of the molecule is Cc1cc(Oc2ccccc2)ccc1N=C(N)CCCc1cccc(C(=O)N(CCO)C2CCCCC2)c1. The Labute approximate surface area is 226 Å². The highest BCUT2D eigenvalue weighted by Gasteiger charge is 2.26. The topological polar surface area (TPSA) is 88.2 Å². The fourth-order valence-electron chi connectivity index (χ4n) is 5.10. The molecule has 0 heterocycles. The van der Waals surface area contributed by atoms with Gasteiger partial charge in [-0.2, -0.15) is 0 Å². The van der Waals surface area contributed by atoms with E-state index in [1.807, 2.05) is 78.6 Å².